The molecule has 5 aliphatic rings. The third-order valence-electron chi connectivity index (χ3n) is 6.42. The Bertz CT molecular complexity index is 262. The Balaban J connectivity index is 1.99. The Kier molecular flexibility index (Phi) is 0.839. The molecule has 5 fully saturated rings. The average Bonchev–Trinajstić information content (AvgIpc) is 2.50. The summed E-state index contributed by atoms with van der Waals surface area (Å²) in [5.74, 6) is 0. The van der Waals surface area contributed by atoms with Crippen LogP contribution in [0, 0.1) is 21.7 Å². The first kappa shape index (κ1) is 7.28. The van der Waals surface area contributed by atoms with Gasteiger partial charge in [0, 0.05) is 13.1 Å². The molecule has 72 valence electrons. The summed E-state index contributed by atoms with van der Waals surface area (Å²) >= 11 is 0. The molecule has 1 nitrogen and oxygen atoms in total. The minimum atomic E-state index is 0.717. The molecule has 4 aliphatic carbocycles. The van der Waals surface area contributed by atoms with E-state index in [2.05, 4.69) is 19.2 Å². The molecule has 1 heteroatoms. The van der Waals surface area contributed by atoms with Gasteiger partial charge in [0.15, 0.2) is 0 Å². The van der Waals surface area contributed by atoms with Crippen LogP contribution in [0.25, 0.3) is 0 Å². The zero-order valence-corrected chi connectivity index (χ0v) is 8.74. The van der Waals surface area contributed by atoms with Gasteiger partial charge in [-0.25, -0.2) is 0 Å². The van der Waals surface area contributed by atoms with E-state index >= 15 is 0 Å². The van der Waals surface area contributed by atoms with Crippen molar-refractivity contribution >= 4 is 0 Å². The van der Waals surface area contributed by atoms with Crippen molar-refractivity contribution in [3.8, 4) is 0 Å². The summed E-state index contributed by atoms with van der Waals surface area (Å²) in [5, 5.41) is 3.66. The number of hydrogen-bond acceptors (Lipinski definition) is 1. The highest BCUT2D eigenvalue weighted by molar-refractivity contribution is 5.31. The smallest absolute Gasteiger partial charge is 0.00143 e. The highest BCUT2D eigenvalue weighted by atomic mass is 15.0. The molecule has 0 unspecified atom stereocenters. The molecule has 0 aromatic rings. The minimum absolute atomic E-state index is 0.717. The van der Waals surface area contributed by atoms with Crippen LogP contribution in [-0.4, -0.2) is 13.1 Å². The second-order valence-electron chi connectivity index (χ2n) is 6.99. The Morgan fingerprint density at radius 1 is 0.769 bits per heavy atom. The van der Waals surface area contributed by atoms with E-state index in [4.69, 9.17) is 0 Å². The lowest BCUT2D eigenvalue weighted by molar-refractivity contribution is 0.157. The van der Waals surface area contributed by atoms with E-state index in [-0.39, 0.29) is 0 Å². The van der Waals surface area contributed by atoms with Gasteiger partial charge in [-0.2, -0.15) is 0 Å². The molecule has 0 radical (unpaired) electrons. The fourth-order valence-corrected chi connectivity index (χ4v) is 6.01. The highest BCUT2D eigenvalue weighted by Crippen LogP contribution is 2.87. The van der Waals surface area contributed by atoms with Gasteiger partial charge in [0.2, 0.25) is 0 Å². The van der Waals surface area contributed by atoms with Crippen molar-refractivity contribution < 1.29 is 0 Å². The van der Waals surface area contributed by atoms with Gasteiger partial charge in [-0.3, -0.25) is 0 Å². The first-order valence-electron chi connectivity index (χ1n) is 5.74. The molecule has 1 aliphatic heterocycles. The van der Waals surface area contributed by atoms with Crippen LogP contribution in [0.1, 0.15) is 39.5 Å². The van der Waals surface area contributed by atoms with Gasteiger partial charge >= 0.3 is 0 Å². The maximum absolute atomic E-state index is 3.66. The van der Waals surface area contributed by atoms with E-state index in [1.54, 1.807) is 0 Å². The topological polar surface area (TPSA) is 12.0 Å². The Morgan fingerprint density at radius 3 is 1.54 bits per heavy atom. The van der Waals surface area contributed by atoms with Gasteiger partial charge in [-0.15, -0.1) is 0 Å². The second-order valence-corrected chi connectivity index (χ2v) is 6.99. The largest absolute Gasteiger partial charge is 0.316 e. The zero-order chi connectivity index (χ0) is 8.95. The second kappa shape index (κ2) is 1.50. The molecule has 2 spiro atoms. The quantitative estimate of drug-likeness (QED) is 0.598. The maximum Gasteiger partial charge on any atom is 0.00143 e. The Labute approximate surface area is 80.3 Å². The van der Waals surface area contributed by atoms with Crippen LogP contribution in [0.4, 0.5) is 0 Å². The van der Waals surface area contributed by atoms with Crippen LogP contribution in [0.5, 0.6) is 0 Å². The van der Waals surface area contributed by atoms with Crippen molar-refractivity contribution in [1.82, 2.24) is 5.32 Å². The molecular formula is C12H19N. The number of rotatable bonds is 0. The van der Waals surface area contributed by atoms with E-state index in [9.17, 15) is 0 Å². The normalized spacial score (nSPS) is 72.5. The fourth-order valence-electron chi connectivity index (χ4n) is 6.01. The molecule has 1 heterocycles. The molecule has 0 aromatic carbocycles. The Hall–Kier alpha value is -0.0400. The van der Waals surface area contributed by atoms with Crippen molar-refractivity contribution in [2.75, 3.05) is 13.1 Å². The summed E-state index contributed by atoms with van der Waals surface area (Å²) in [6.07, 6.45) is 6.12. The SMILES string of the molecule is CC12CC34CNCC3(C1)CC2(C)C4. The summed E-state index contributed by atoms with van der Waals surface area (Å²) in [5.41, 5.74) is 2.93. The lowest BCUT2D eigenvalue weighted by Gasteiger charge is -2.33. The molecular weight excluding hydrogens is 158 g/mol. The van der Waals surface area contributed by atoms with Crippen LogP contribution >= 0.6 is 0 Å². The van der Waals surface area contributed by atoms with Crippen molar-refractivity contribution in [2.24, 2.45) is 21.7 Å². The minimum Gasteiger partial charge on any atom is -0.316 e. The van der Waals surface area contributed by atoms with Crippen molar-refractivity contribution in [1.29, 1.82) is 0 Å². The lowest BCUT2D eigenvalue weighted by Crippen LogP contribution is -2.30. The molecule has 1 saturated heterocycles. The van der Waals surface area contributed by atoms with E-state index < -0.39 is 0 Å². The van der Waals surface area contributed by atoms with Gasteiger partial charge in [0.1, 0.15) is 0 Å². The van der Waals surface area contributed by atoms with Crippen LogP contribution in [0.15, 0.2) is 0 Å². The molecule has 13 heavy (non-hydrogen) atoms. The van der Waals surface area contributed by atoms with Crippen LogP contribution < -0.4 is 5.32 Å². The van der Waals surface area contributed by atoms with Crippen LogP contribution in [-0.2, 0) is 0 Å². The van der Waals surface area contributed by atoms with Gasteiger partial charge in [-0.05, 0) is 47.3 Å². The summed E-state index contributed by atoms with van der Waals surface area (Å²) in [6.45, 7) is 7.79. The van der Waals surface area contributed by atoms with E-state index in [1.165, 1.54) is 38.8 Å². The molecule has 4 saturated carbocycles. The third-order valence-corrected chi connectivity index (χ3v) is 6.42. The van der Waals surface area contributed by atoms with Gasteiger partial charge < -0.3 is 5.32 Å². The first-order valence-corrected chi connectivity index (χ1v) is 5.74. The van der Waals surface area contributed by atoms with E-state index in [0.717, 1.165) is 21.7 Å². The van der Waals surface area contributed by atoms with E-state index in [0.29, 0.717) is 0 Å². The summed E-state index contributed by atoms with van der Waals surface area (Å²) in [4.78, 5) is 0. The fraction of sp³-hybridized carbons (Fsp3) is 1.00. The number of nitrogens with one attached hydrogen (secondary N) is 1. The van der Waals surface area contributed by atoms with Crippen molar-refractivity contribution in [2.45, 2.75) is 39.5 Å². The predicted octanol–water partition coefficient (Wildman–Crippen LogP) is 2.18. The standard InChI is InChI=1S/C12H19N/c1-9-3-11-5-10(9,2)6-12(11,4-9)8-13-7-11/h13H,3-8H2,1-2H3. The Morgan fingerprint density at radius 2 is 1.15 bits per heavy atom. The van der Waals surface area contributed by atoms with Crippen molar-refractivity contribution in [3.63, 3.8) is 0 Å². The highest BCUT2D eigenvalue weighted by Gasteiger charge is 2.81. The van der Waals surface area contributed by atoms with Crippen LogP contribution in [0.2, 0.25) is 0 Å². The molecule has 0 aromatic heterocycles. The molecule has 1 N–H and O–H groups in total. The van der Waals surface area contributed by atoms with Gasteiger partial charge in [0.25, 0.3) is 0 Å². The number of hydrogen-bond donors (Lipinski definition) is 1. The summed E-state index contributed by atoms with van der Waals surface area (Å²) in [6, 6.07) is 0. The average molecular weight is 177 g/mol. The van der Waals surface area contributed by atoms with Crippen LogP contribution in [0.3, 0.4) is 0 Å². The third kappa shape index (κ3) is 0.475. The first-order chi connectivity index (χ1) is 6.04. The predicted molar refractivity (Wildman–Crippen MR) is 52.4 cm³/mol. The van der Waals surface area contributed by atoms with Crippen molar-refractivity contribution in [3.05, 3.63) is 0 Å². The van der Waals surface area contributed by atoms with Gasteiger partial charge in [0.05, 0.1) is 0 Å². The van der Waals surface area contributed by atoms with E-state index in [1.807, 2.05) is 0 Å². The maximum atomic E-state index is 3.66. The lowest BCUT2D eigenvalue weighted by atomic mass is 9.71. The summed E-state index contributed by atoms with van der Waals surface area (Å²) in [7, 11) is 0. The molecule has 5 rings (SSSR count). The van der Waals surface area contributed by atoms with Gasteiger partial charge in [-0.1, -0.05) is 13.8 Å². The monoisotopic (exact) mass is 177 g/mol. The molecule has 0 amide bonds. The zero-order valence-electron chi connectivity index (χ0n) is 8.74. The molecule has 0 atom stereocenters. The summed E-state index contributed by atoms with van der Waals surface area (Å²) < 4.78 is 0. The molecule has 4 bridgehead atoms.